The number of nitrogens with one attached hydrogen (secondary N) is 1. The van der Waals surface area contributed by atoms with E-state index >= 15 is 0 Å². The van der Waals surface area contributed by atoms with Crippen LogP contribution in [0.15, 0.2) is 23.3 Å². The number of H-pyrrole nitrogens is 1. The molecule has 3 heterocycles. The molecule has 0 spiro atoms. The standard InChI is InChI=1S/C16H20N6O/c1-2-12-14-15(22(20-12)11-6-3-4-7-11)18-13(19-16(14)23)10-21-9-5-8-17-21/h5,8-9,11,20H,2-4,6-7,10H2,1H3. The lowest BCUT2D eigenvalue weighted by atomic mass is 10.2. The van der Waals surface area contributed by atoms with Crippen molar-refractivity contribution in [2.75, 3.05) is 0 Å². The van der Waals surface area contributed by atoms with Gasteiger partial charge in [0.1, 0.15) is 12.1 Å². The third-order valence-electron chi connectivity index (χ3n) is 4.59. The molecule has 7 heteroatoms. The highest BCUT2D eigenvalue weighted by Crippen LogP contribution is 2.33. The minimum atomic E-state index is -0.193. The molecule has 0 saturated heterocycles. The van der Waals surface area contributed by atoms with Gasteiger partial charge in [-0.1, -0.05) is 19.8 Å². The molecule has 0 atom stereocenters. The predicted molar refractivity (Wildman–Crippen MR) is 85.5 cm³/mol. The normalized spacial score (nSPS) is 15.7. The van der Waals surface area contributed by atoms with Crippen LogP contribution in [-0.4, -0.2) is 29.5 Å². The number of nitrogens with zero attached hydrogens (tertiary/aromatic N) is 5. The van der Waals surface area contributed by atoms with Crippen LogP contribution in [0.5, 0.6) is 0 Å². The molecule has 1 fully saturated rings. The zero-order valence-electron chi connectivity index (χ0n) is 13.2. The van der Waals surface area contributed by atoms with E-state index in [-0.39, 0.29) is 5.56 Å². The van der Waals surface area contributed by atoms with E-state index in [1.165, 1.54) is 12.8 Å². The zero-order chi connectivity index (χ0) is 15.8. The highest BCUT2D eigenvalue weighted by Gasteiger charge is 2.27. The minimum Gasteiger partial charge on any atom is -0.300 e. The third-order valence-corrected chi connectivity index (χ3v) is 4.59. The largest absolute Gasteiger partial charge is 0.300 e. The number of hydrogen-bond acceptors (Lipinski definition) is 4. The summed E-state index contributed by atoms with van der Waals surface area (Å²) in [5.74, 6) is 1.26. The second kappa shape index (κ2) is 5.64. The maximum absolute atomic E-state index is 12.5. The van der Waals surface area contributed by atoms with Crippen LogP contribution >= 0.6 is 0 Å². The first kappa shape index (κ1) is 14.2. The van der Waals surface area contributed by atoms with Gasteiger partial charge >= 0.3 is 0 Å². The zero-order valence-corrected chi connectivity index (χ0v) is 13.2. The van der Waals surface area contributed by atoms with E-state index in [2.05, 4.69) is 24.8 Å². The molecular weight excluding hydrogens is 292 g/mol. The van der Waals surface area contributed by atoms with Gasteiger partial charge in [-0.3, -0.25) is 19.3 Å². The predicted octanol–water partition coefficient (Wildman–Crippen LogP) is 1.99. The second-order valence-electron chi connectivity index (χ2n) is 6.10. The summed E-state index contributed by atoms with van der Waals surface area (Å²) in [6, 6.07) is 2.26. The van der Waals surface area contributed by atoms with Gasteiger partial charge in [0.2, 0.25) is 0 Å². The number of aromatic amines is 1. The minimum absolute atomic E-state index is 0.193. The van der Waals surface area contributed by atoms with E-state index in [0.29, 0.717) is 24.0 Å². The second-order valence-corrected chi connectivity index (χ2v) is 6.10. The molecule has 0 aromatic carbocycles. The van der Waals surface area contributed by atoms with Crippen LogP contribution in [0, 0.1) is 0 Å². The summed E-state index contributed by atoms with van der Waals surface area (Å²) in [6.45, 7) is 2.46. The fourth-order valence-corrected chi connectivity index (χ4v) is 3.46. The number of hydrogen-bond donors (Lipinski definition) is 1. The Morgan fingerprint density at radius 3 is 2.83 bits per heavy atom. The summed E-state index contributed by atoms with van der Waals surface area (Å²) >= 11 is 0. The summed E-state index contributed by atoms with van der Waals surface area (Å²) in [5.41, 5.74) is 1.38. The van der Waals surface area contributed by atoms with Gasteiger partial charge in [0.15, 0.2) is 11.6 Å². The van der Waals surface area contributed by atoms with Crippen molar-refractivity contribution in [3.63, 3.8) is 0 Å². The monoisotopic (exact) mass is 312 g/mol. The maximum atomic E-state index is 12.5. The molecule has 1 aliphatic carbocycles. The van der Waals surface area contributed by atoms with Crippen molar-refractivity contribution in [3.05, 3.63) is 40.3 Å². The van der Waals surface area contributed by atoms with Gasteiger partial charge in [-0.15, -0.1) is 0 Å². The van der Waals surface area contributed by atoms with Crippen molar-refractivity contribution in [2.45, 2.75) is 51.6 Å². The van der Waals surface area contributed by atoms with E-state index < -0.39 is 0 Å². The number of rotatable bonds is 4. The lowest BCUT2D eigenvalue weighted by molar-refractivity contribution is 0.463. The highest BCUT2D eigenvalue weighted by atomic mass is 16.1. The summed E-state index contributed by atoms with van der Waals surface area (Å²) in [6.07, 6.45) is 9.06. The van der Waals surface area contributed by atoms with Crippen LogP contribution in [-0.2, 0) is 13.0 Å². The van der Waals surface area contributed by atoms with Crippen LogP contribution in [0.3, 0.4) is 0 Å². The van der Waals surface area contributed by atoms with Crippen LogP contribution in [0.2, 0.25) is 0 Å². The molecule has 1 aromatic heterocycles. The van der Waals surface area contributed by atoms with E-state index in [4.69, 9.17) is 0 Å². The van der Waals surface area contributed by atoms with Gasteiger partial charge in [0.25, 0.3) is 5.56 Å². The van der Waals surface area contributed by atoms with Crippen molar-refractivity contribution in [2.24, 2.45) is 0 Å². The molecule has 2 aliphatic heterocycles. The summed E-state index contributed by atoms with van der Waals surface area (Å²) in [5, 5.41) is 7.56. The molecule has 1 saturated carbocycles. The topological polar surface area (TPSA) is 81.4 Å². The van der Waals surface area contributed by atoms with Crippen LogP contribution < -0.4 is 5.56 Å². The van der Waals surface area contributed by atoms with E-state index in [1.807, 2.05) is 19.2 Å². The van der Waals surface area contributed by atoms with Gasteiger partial charge in [0, 0.05) is 18.1 Å². The Hall–Kier alpha value is -2.44. The molecule has 0 amide bonds. The van der Waals surface area contributed by atoms with Crippen molar-refractivity contribution in [1.29, 1.82) is 0 Å². The Morgan fingerprint density at radius 2 is 2.13 bits per heavy atom. The molecule has 0 bridgehead atoms. The average molecular weight is 312 g/mol. The Kier molecular flexibility index (Phi) is 3.48. The number of aromatic nitrogens is 6. The van der Waals surface area contributed by atoms with Crippen molar-refractivity contribution in [3.8, 4) is 11.4 Å². The number of fused-ring (bicyclic) bond motifs is 1. The third kappa shape index (κ3) is 2.46. The molecular formula is C16H20N6O. The molecule has 4 rings (SSSR count). The van der Waals surface area contributed by atoms with Gasteiger partial charge < -0.3 is 0 Å². The van der Waals surface area contributed by atoms with Gasteiger partial charge in [-0.05, 0) is 25.3 Å². The van der Waals surface area contributed by atoms with Crippen molar-refractivity contribution < 1.29 is 0 Å². The van der Waals surface area contributed by atoms with Crippen LogP contribution in [0.1, 0.15) is 50.2 Å². The lowest BCUT2D eigenvalue weighted by Gasteiger charge is -2.13. The summed E-state index contributed by atoms with van der Waals surface area (Å²) in [4.78, 5) is 21.4. The van der Waals surface area contributed by atoms with Gasteiger partial charge in [-0.25, -0.2) is 4.98 Å². The lowest BCUT2D eigenvalue weighted by Crippen LogP contribution is -2.20. The first-order valence-electron chi connectivity index (χ1n) is 8.23. The molecule has 7 nitrogen and oxygen atoms in total. The van der Waals surface area contributed by atoms with Crippen LogP contribution in [0.25, 0.3) is 11.4 Å². The fraction of sp³-hybridized carbons (Fsp3) is 0.500. The molecule has 120 valence electrons. The smallest absolute Gasteiger partial charge is 0.284 e. The van der Waals surface area contributed by atoms with Gasteiger partial charge in [-0.2, -0.15) is 10.1 Å². The summed E-state index contributed by atoms with van der Waals surface area (Å²) < 4.78 is 3.82. The Labute approximate surface area is 133 Å². The first-order valence-corrected chi connectivity index (χ1v) is 8.23. The number of aryl methyl sites for hydroxylation is 1. The first-order chi connectivity index (χ1) is 11.3. The quantitative estimate of drug-likeness (QED) is 0.799. The van der Waals surface area contributed by atoms with Gasteiger partial charge in [0.05, 0.1) is 6.04 Å². The summed E-state index contributed by atoms with van der Waals surface area (Å²) in [7, 11) is 0. The van der Waals surface area contributed by atoms with E-state index in [0.717, 1.165) is 30.8 Å². The van der Waals surface area contributed by atoms with Crippen LogP contribution in [0.4, 0.5) is 0 Å². The Balaban J connectivity index is 1.82. The highest BCUT2D eigenvalue weighted by molar-refractivity contribution is 5.59. The average Bonchev–Trinajstić information content (AvgIpc) is 3.27. The molecule has 0 unspecified atom stereocenters. The SMILES string of the molecule is CCc1[nH]n(C2CCCC2)c2nc(Cn3cccn3)nc(=O)c1-2. The Morgan fingerprint density at radius 1 is 1.30 bits per heavy atom. The molecule has 1 N–H and O–H groups in total. The molecule has 1 aromatic rings. The molecule has 3 aliphatic rings. The van der Waals surface area contributed by atoms with Crippen molar-refractivity contribution in [1.82, 2.24) is 29.5 Å². The Bertz CT molecular complexity index is 825. The van der Waals surface area contributed by atoms with E-state index in [1.54, 1.807) is 10.9 Å². The van der Waals surface area contributed by atoms with E-state index in [9.17, 15) is 4.79 Å². The molecule has 0 radical (unpaired) electrons. The fourth-order valence-electron chi connectivity index (χ4n) is 3.46. The van der Waals surface area contributed by atoms with Crippen molar-refractivity contribution >= 4 is 0 Å². The maximum Gasteiger partial charge on any atom is 0.284 e. The molecule has 23 heavy (non-hydrogen) atoms.